The van der Waals surface area contributed by atoms with Crippen molar-refractivity contribution in [3.63, 3.8) is 0 Å². The predicted molar refractivity (Wildman–Crippen MR) is 63.8 cm³/mol. The third-order valence-electron chi connectivity index (χ3n) is 2.63. The van der Waals surface area contributed by atoms with Gasteiger partial charge in [-0.1, -0.05) is 36.8 Å². The molecule has 2 nitrogen and oxygen atoms in total. The van der Waals surface area contributed by atoms with Crippen molar-refractivity contribution in [2.75, 3.05) is 13.2 Å². The molecule has 2 heteroatoms. The first-order valence-corrected chi connectivity index (χ1v) is 5.54. The molecule has 0 fully saturated rings. The summed E-state index contributed by atoms with van der Waals surface area (Å²) >= 11 is 0. The molecule has 1 aromatic carbocycles. The fourth-order valence-corrected chi connectivity index (χ4v) is 1.50. The molecular weight excluding hydrogens is 186 g/mol. The van der Waals surface area contributed by atoms with Crippen molar-refractivity contribution in [1.29, 1.82) is 0 Å². The summed E-state index contributed by atoms with van der Waals surface area (Å²) in [7, 11) is 0. The average Bonchev–Trinajstić information content (AvgIpc) is 2.25. The topological polar surface area (TPSA) is 32.3 Å². The zero-order chi connectivity index (χ0) is 11.3. The molecular formula is C13H21NO. The SMILES string of the molecule is Cc1cccc([C@H](C)NCC(C)CO)c1. The molecule has 0 saturated heterocycles. The predicted octanol–water partition coefficient (Wildman–Crippen LogP) is 2.27. The number of aliphatic hydroxyl groups excluding tert-OH is 1. The van der Waals surface area contributed by atoms with Gasteiger partial charge in [0.25, 0.3) is 0 Å². The van der Waals surface area contributed by atoms with E-state index in [1.807, 2.05) is 6.92 Å². The Morgan fingerprint density at radius 3 is 2.67 bits per heavy atom. The third kappa shape index (κ3) is 4.02. The molecule has 15 heavy (non-hydrogen) atoms. The van der Waals surface area contributed by atoms with Crippen molar-refractivity contribution in [3.05, 3.63) is 35.4 Å². The molecule has 0 aliphatic heterocycles. The van der Waals surface area contributed by atoms with Crippen molar-refractivity contribution >= 4 is 0 Å². The molecule has 0 saturated carbocycles. The molecule has 1 unspecified atom stereocenters. The highest BCUT2D eigenvalue weighted by molar-refractivity contribution is 5.24. The number of nitrogens with one attached hydrogen (secondary N) is 1. The van der Waals surface area contributed by atoms with Crippen LogP contribution in [0.1, 0.15) is 31.0 Å². The number of hydrogen-bond acceptors (Lipinski definition) is 2. The van der Waals surface area contributed by atoms with Crippen LogP contribution < -0.4 is 5.32 Å². The average molecular weight is 207 g/mol. The van der Waals surface area contributed by atoms with Crippen LogP contribution in [0, 0.1) is 12.8 Å². The molecule has 84 valence electrons. The van der Waals surface area contributed by atoms with Crippen LogP contribution in [-0.2, 0) is 0 Å². The van der Waals surface area contributed by atoms with E-state index < -0.39 is 0 Å². The van der Waals surface area contributed by atoms with Crippen molar-refractivity contribution in [2.45, 2.75) is 26.8 Å². The first-order chi connectivity index (χ1) is 7.13. The Balaban J connectivity index is 2.50. The van der Waals surface area contributed by atoms with E-state index in [-0.39, 0.29) is 6.61 Å². The maximum Gasteiger partial charge on any atom is 0.0468 e. The van der Waals surface area contributed by atoms with Gasteiger partial charge in [-0.2, -0.15) is 0 Å². The van der Waals surface area contributed by atoms with Crippen molar-refractivity contribution < 1.29 is 5.11 Å². The van der Waals surface area contributed by atoms with Gasteiger partial charge < -0.3 is 10.4 Å². The van der Waals surface area contributed by atoms with Gasteiger partial charge in [0.1, 0.15) is 0 Å². The minimum atomic E-state index is 0.244. The summed E-state index contributed by atoms with van der Waals surface area (Å²) in [5.41, 5.74) is 2.59. The van der Waals surface area contributed by atoms with E-state index in [0.717, 1.165) is 6.54 Å². The molecule has 0 aliphatic rings. The molecule has 0 aromatic heterocycles. The Bertz CT molecular complexity index is 298. The van der Waals surface area contributed by atoms with E-state index in [1.165, 1.54) is 11.1 Å². The standard InChI is InChI=1S/C13H21NO/c1-10-5-4-6-13(7-10)12(3)14-8-11(2)9-15/h4-7,11-12,14-15H,8-9H2,1-3H3/t11?,12-/m0/s1. The van der Waals surface area contributed by atoms with Crippen molar-refractivity contribution in [2.24, 2.45) is 5.92 Å². The highest BCUT2D eigenvalue weighted by atomic mass is 16.3. The minimum absolute atomic E-state index is 0.244. The first kappa shape index (κ1) is 12.2. The van der Waals surface area contributed by atoms with Gasteiger partial charge in [0, 0.05) is 19.2 Å². The van der Waals surface area contributed by atoms with Gasteiger partial charge in [0.2, 0.25) is 0 Å². The quantitative estimate of drug-likeness (QED) is 0.776. The van der Waals surface area contributed by atoms with Crippen molar-refractivity contribution in [3.8, 4) is 0 Å². The van der Waals surface area contributed by atoms with E-state index >= 15 is 0 Å². The highest BCUT2D eigenvalue weighted by Gasteiger charge is 2.06. The van der Waals surface area contributed by atoms with Crippen LogP contribution in [0.5, 0.6) is 0 Å². The lowest BCUT2D eigenvalue weighted by Gasteiger charge is -2.17. The summed E-state index contributed by atoms with van der Waals surface area (Å²) < 4.78 is 0. The molecule has 1 aromatic rings. The van der Waals surface area contributed by atoms with Gasteiger partial charge in [-0.3, -0.25) is 0 Å². The zero-order valence-electron chi connectivity index (χ0n) is 9.83. The first-order valence-electron chi connectivity index (χ1n) is 5.54. The number of benzene rings is 1. The minimum Gasteiger partial charge on any atom is -0.396 e. The van der Waals surface area contributed by atoms with Crippen LogP contribution in [0.15, 0.2) is 24.3 Å². The Morgan fingerprint density at radius 2 is 2.07 bits per heavy atom. The maximum atomic E-state index is 8.92. The van der Waals surface area contributed by atoms with Crippen LogP contribution in [0.3, 0.4) is 0 Å². The number of hydrogen-bond donors (Lipinski definition) is 2. The summed E-state index contributed by atoms with van der Waals surface area (Å²) in [6, 6.07) is 8.86. The number of rotatable bonds is 5. The summed E-state index contributed by atoms with van der Waals surface area (Å²) in [5, 5.41) is 12.3. The lowest BCUT2D eigenvalue weighted by atomic mass is 10.1. The zero-order valence-corrected chi connectivity index (χ0v) is 9.83. The lowest BCUT2D eigenvalue weighted by molar-refractivity contribution is 0.231. The van der Waals surface area contributed by atoms with Gasteiger partial charge in [-0.05, 0) is 25.3 Å². The van der Waals surface area contributed by atoms with Crippen LogP contribution >= 0.6 is 0 Å². The van der Waals surface area contributed by atoms with E-state index in [0.29, 0.717) is 12.0 Å². The fourth-order valence-electron chi connectivity index (χ4n) is 1.50. The molecule has 2 atom stereocenters. The molecule has 2 N–H and O–H groups in total. The summed E-state index contributed by atoms with van der Waals surface area (Å²) in [6.07, 6.45) is 0. The highest BCUT2D eigenvalue weighted by Crippen LogP contribution is 2.13. The van der Waals surface area contributed by atoms with Gasteiger partial charge in [0.15, 0.2) is 0 Å². The normalized spacial score (nSPS) is 14.9. The molecule has 0 heterocycles. The number of aliphatic hydroxyl groups is 1. The van der Waals surface area contributed by atoms with Gasteiger partial charge in [-0.25, -0.2) is 0 Å². The molecule has 0 radical (unpaired) electrons. The van der Waals surface area contributed by atoms with Gasteiger partial charge in [0.05, 0.1) is 0 Å². The second-order valence-electron chi connectivity index (χ2n) is 4.33. The maximum absolute atomic E-state index is 8.92. The third-order valence-corrected chi connectivity index (χ3v) is 2.63. The Hall–Kier alpha value is -0.860. The Labute approximate surface area is 92.3 Å². The second-order valence-corrected chi connectivity index (χ2v) is 4.33. The van der Waals surface area contributed by atoms with Crippen LogP contribution in [0.4, 0.5) is 0 Å². The summed E-state index contributed by atoms with van der Waals surface area (Å²) in [5.74, 6) is 0.317. The van der Waals surface area contributed by atoms with Gasteiger partial charge >= 0.3 is 0 Å². The van der Waals surface area contributed by atoms with E-state index in [4.69, 9.17) is 5.11 Å². The Kier molecular flexibility index (Phi) is 4.79. The van der Waals surface area contributed by atoms with Crippen LogP contribution in [0.25, 0.3) is 0 Å². The monoisotopic (exact) mass is 207 g/mol. The van der Waals surface area contributed by atoms with Crippen LogP contribution in [-0.4, -0.2) is 18.3 Å². The summed E-state index contributed by atoms with van der Waals surface area (Å²) in [6.45, 7) is 7.39. The smallest absolute Gasteiger partial charge is 0.0468 e. The summed E-state index contributed by atoms with van der Waals surface area (Å²) in [4.78, 5) is 0. The molecule has 1 rings (SSSR count). The van der Waals surface area contributed by atoms with E-state index in [1.54, 1.807) is 0 Å². The largest absolute Gasteiger partial charge is 0.396 e. The number of aryl methyl sites for hydroxylation is 1. The molecule has 0 amide bonds. The lowest BCUT2D eigenvalue weighted by Crippen LogP contribution is -2.26. The second kappa shape index (κ2) is 5.89. The molecule has 0 bridgehead atoms. The molecule has 0 spiro atoms. The van der Waals surface area contributed by atoms with Gasteiger partial charge in [-0.15, -0.1) is 0 Å². The Morgan fingerprint density at radius 1 is 1.33 bits per heavy atom. The fraction of sp³-hybridized carbons (Fsp3) is 0.538. The van der Waals surface area contributed by atoms with Crippen LogP contribution in [0.2, 0.25) is 0 Å². The van der Waals surface area contributed by atoms with Crippen molar-refractivity contribution in [1.82, 2.24) is 5.32 Å². The van der Waals surface area contributed by atoms with E-state index in [9.17, 15) is 0 Å². The molecule has 0 aliphatic carbocycles. The van der Waals surface area contributed by atoms with E-state index in [2.05, 4.69) is 43.4 Å².